The Kier molecular flexibility index (Phi) is 4.62. The molecule has 17 heavy (non-hydrogen) atoms. The molecule has 0 amide bonds. The van der Waals surface area contributed by atoms with Crippen molar-refractivity contribution in [2.45, 2.75) is 5.75 Å². The van der Waals surface area contributed by atoms with E-state index in [9.17, 15) is 13.2 Å². The van der Waals surface area contributed by atoms with Crippen LogP contribution < -0.4 is 10.5 Å². The lowest BCUT2D eigenvalue weighted by atomic mass is 10.1. The molecule has 0 spiro atoms. The second-order valence-corrected chi connectivity index (χ2v) is 5.25. The van der Waals surface area contributed by atoms with E-state index in [0.717, 1.165) is 0 Å². The highest BCUT2D eigenvalue weighted by atomic mass is 32.2. The zero-order chi connectivity index (χ0) is 12.9. The standard InChI is InChI=1S/C10H14N2O4S/c11-4-5-12-17(15,16)7-8-2-1-3-9(6-8)10(13)14/h1-3,6,12H,4-5,7,11H2,(H,13,14). The number of aromatic carboxylic acids is 1. The molecule has 0 atom stereocenters. The lowest BCUT2D eigenvalue weighted by Gasteiger charge is -2.06. The minimum atomic E-state index is -3.46. The van der Waals surface area contributed by atoms with E-state index in [1.54, 1.807) is 6.07 Å². The van der Waals surface area contributed by atoms with Crippen LogP contribution in [0.25, 0.3) is 0 Å². The summed E-state index contributed by atoms with van der Waals surface area (Å²) in [6.45, 7) is 0.384. The first-order valence-corrected chi connectivity index (χ1v) is 6.59. The molecular weight excluding hydrogens is 244 g/mol. The molecule has 0 unspecified atom stereocenters. The summed E-state index contributed by atoms with van der Waals surface area (Å²) in [5.41, 5.74) is 5.68. The lowest BCUT2D eigenvalue weighted by Crippen LogP contribution is -2.30. The Hall–Kier alpha value is -1.44. The van der Waals surface area contributed by atoms with Crippen molar-refractivity contribution in [2.75, 3.05) is 13.1 Å². The van der Waals surface area contributed by atoms with Crippen molar-refractivity contribution in [3.05, 3.63) is 35.4 Å². The Bertz CT molecular complexity index is 499. The second kappa shape index (κ2) is 5.76. The van der Waals surface area contributed by atoms with Crippen LogP contribution in [0.3, 0.4) is 0 Å². The molecule has 6 nitrogen and oxygen atoms in total. The Labute approximate surface area is 99.5 Å². The topological polar surface area (TPSA) is 109 Å². The minimum Gasteiger partial charge on any atom is -0.478 e. The van der Waals surface area contributed by atoms with E-state index in [-0.39, 0.29) is 24.4 Å². The molecule has 7 heteroatoms. The maximum absolute atomic E-state index is 11.5. The van der Waals surface area contributed by atoms with Gasteiger partial charge >= 0.3 is 5.97 Å². The number of nitrogens with two attached hydrogens (primary N) is 1. The Morgan fingerprint density at radius 1 is 1.41 bits per heavy atom. The lowest BCUT2D eigenvalue weighted by molar-refractivity contribution is 0.0696. The van der Waals surface area contributed by atoms with Crippen molar-refractivity contribution in [3.8, 4) is 0 Å². The van der Waals surface area contributed by atoms with Crippen LogP contribution in [-0.2, 0) is 15.8 Å². The first kappa shape index (κ1) is 13.6. The van der Waals surface area contributed by atoms with Gasteiger partial charge in [-0.1, -0.05) is 12.1 Å². The van der Waals surface area contributed by atoms with Crippen LogP contribution in [0, 0.1) is 0 Å². The summed E-state index contributed by atoms with van der Waals surface area (Å²) in [6, 6.07) is 5.82. The normalized spacial score (nSPS) is 11.4. The molecule has 4 N–H and O–H groups in total. The van der Waals surface area contributed by atoms with Crippen molar-refractivity contribution >= 4 is 16.0 Å². The molecule has 0 aliphatic carbocycles. The second-order valence-electron chi connectivity index (χ2n) is 3.45. The van der Waals surface area contributed by atoms with Gasteiger partial charge in [-0.05, 0) is 17.7 Å². The summed E-state index contributed by atoms with van der Waals surface area (Å²) in [5, 5.41) is 8.77. The van der Waals surface area contributed by atoms with E-state index < -0.39 is 16.0 Å². The van der Waals surface area contributed by atoms with Crippen molar-refractivity contribution in [2.24, 2.45) is 5.73 Å². The fourth-order valence-corrected chi connectivity index (χ4v) is 2.43. The summed E-state index contributed by atoms with van der Waals surface area (Å²) < 4.78 is 25.4. The number of rotatable bonds is 6. The summed E-state index contributed by atoms with van der Waals surface area (Å²) >= 11 is 0. The molecule has 0 aromatic heterocycles. The van der Waals surface area contributed by atoms with Crippen LogP contribution in [0.4, 0.5) is 0 Å². The molecule has 0 fully saturated rings. The molecular formula is C10H14N2O4S. The summed E-state index contributed by atoms with van der Waals surface area (Å²) in [5.74, 6) is -1.34. The van der Waals surface area contributed by atoms with Gasteiger partial charge in [-0.25, -0.2) is 17.9 Å². The Balaban J connectivity index is 2.81. The van der Waals surface area contributed by atoms with Gasteiger partial charge in [-0.2, -0.15) is 0 Å². The van der Waals surface area contributed by atoms with Crippen molar-refractivity contribution in [3.63, 3.8) is 0 Å². The van der Waals surface area contributed by atoms with Gasteiger partial charge in [0.15, 0.2) is 0 Å². The van der Waals surface area contributed by atoms with E-state index >= 15 is 0 Å². The quantitative estimate of drug-likeness (QED) is 0.652. The van der Waals surface area contributed by atoms with Crippen LogP contribution >= 0.6 is 0 Å². The third kappa shape index (κ3) is 4.51. The summed E-state index contributed by atoms with van der Waals surface area (Å²) in [4.78, 5) is 10.7. The average molecular weight is 258 g/mol. The number of carboxylic acid groups (broad SMARTS) is 1. The fourth-order valence-electron chi connectivity index (χ4n) is 1.28. The molecule has 1 aromatic carbocycles. The smallest absolute Gasteiger partial charge is 0.335 e. The summed E-state index contributed by atoms with van der Waals surface area (Å²) in [6.07, 6.45) is 0. The maximum Gasteiger partial charge on any atom is 0.335 e. The van der Waals surface area contributed by atoms with Gasteiger partial charge < -0.3 is 10.8 Å². The van der Waals surface area contributed by atoms with E-state index in [2.05, 4.69) is 4.72 Å². The first-order valence-electron chi connectivity index (χ1n) is 4.94. The SMILES string of the molecule is NCCNS(=O)(=O)Cc1cccc(C(=O)O)c1. The Morgan fingerprint density at radius 3 is 2.71 bits per heavy atom. The number of benzene rings is 1. The molecule has 1 aromatic rings. The number of nitrogens with one attached hydrogen (secondary N) is 1. The van der Waals surface area contributed by atoms with Crippen LogP contribution in [0.5, 0.6) is 0 Å². The zero-order valence-electron chi connectivity index (χ0n) is 9.09. The third-order valence-corrected chi connectivity index (χ3v) is 3.35. The van der Waals surface area contributed by atoms with Crippen LogP contribution in [-0.4, -0.2) is 32.6 Å². The van der Waals surface area contributed by atoms with Crippen LogP contribution in [0.1, 0.15) is 15.9 Å². The highest BCUT2D eigenvalue weighted by molar-refractivity contribution is 7.88. The van der Waals surface area contributed by atoms with E-state index in [1.807, 2.05) is 0 Å². The Morgan fingerprint density at radius 2 is 2.12 bits per heavy atom. The van der Waals surface area contributed by atoms with Crippen molar-refractivity contribution in [1.82, 2.24) is 4.72 Å². The van der Waals surface area contributed by atoms with Crippen LogP contribution in [0.2, 0.25) is 0 Å². The molecule has 0 aliphatic rings. The number of carboxylic acids is 1. The van der Waals surface area contributed by atoms with Gasteiger partial charge in [0.05, 0.1) is 11.3 Å². The summed E-state index contributed by atoms with van der Waals surface area (Å²) in [7, 11) is -3.46. The van der Waals surface area contributed by atoms with E-state index in [0.29, 0.717) is 5.56 Å². The van der Waals surface area contributed by atoms with E-state index in [4.69, 9.17) is 10.8 Å². The molecule has 0 radical (unpaired) electrons. The third-order valence-electron chi connectivity index (χ3n) is 2.00. The van der Waals surface area contributed by atoms with Crippen LogP contribution in [0.15, 0.2) is 24.3 Å². The number of sulfonamides is 1. The first-order chi connectivity index (χ1) is 7.94. The largest absolute Gasteiger partial charge is 0.478 e. The highest BCUT2D eigenvalue weighted by Gasteiger charge is 2.12. The van der Waals surface area contributed by atoms with Crippen molar-refractivity contribution in [1.29, 1.82) is 0 Å². The van der Waals surface area contributed by atoms with Gasteiger partial charge in [0, 0.05) is 13.1 Å². The monoisotopic (exact) mass is 258 g/mol. The van der Waals surface area contributed by atoms with Gasteiger partial charge in [-0.15, -0.1) is 0 Å². The number of hydrogen-bond acceptors (Lipinski definition) is 4. The molecule has 1 rings (SSSR count). The molecule has 94 valence electrons. The van der Waals surface area contributed by atoms with Crippen molar-refractivity contribution < 1.29 is 18.3 Å². The average Bonchev–Trinajstić information content (AvgIpc) is 2.26. The fraction of sp³-hybridized carbons (Fsp3) is 0.300. The predicted octanol–water partition coefficient (Wildman–Crippen LogP) is -0.237. The van der Waals surface area contributed by atoms with Gasteiger partial charge in [0.2, 0.25) is 10.0 Å². The van der Waals surface area contributed by atoms with E-state index in [1.165, 1.54) is 18.2 Å². The molecule has 0 aliphatic heterocycles. The predicted molar refractivity (Wildman–Crippen MR) is 63.1 cm³/mol. The number of hydrogen-bond donors (Lipinski definition) is 3. The van der Waals surface area contributed by atoms with Gasteiger partial charge in [0.25, 0.3) is 0 Å². The van der Waals surface area contributed by atoms with Gasteiger partial charge in [-0.3, -0.25) is 0 Å². The number of carbonyl (C=O) groups is 1. The highest BCUT2D eigenvalue weighted by Crippen LogP contribution is 2.08. The molecule has 0 saturated carbocycles. The minimum absolute atomic E-state index is 0.0662. The molecule has 0 heterocycles. The zero-order valence-corrected chi connectivity index (χ0v) is 9.90. The maximum atomic E-state index is 11.5. The molecule has 0 bridgehead atoms. The molecule has 0 saturated heterocycles. The van der Waals surface area contributed by atoms with Gasteiger partial charge in [0.1, 0.15) is 0 Å².